The molecule has 0 unspecified atom stereocenters. The van der Waals surface area contributed by atoms with E-state index >= 15 is 0 Å². The number of pyridine rings is 1. The van der Waals surface area contributed by atoms with Gasteiger partial charge in [-0.05, 0) is 6.92 Å². The number of rotatable bonds is 6. The van der Waals surface area contributed by atoms with Gasteiger partial charge in [-0.25, -0.2) is 14.5 Å². The van der Waals surface area contributed by atoms with Crippen molar-refractivity contribution in [3.05, 3.63) is 30.1 Å². The first-order valence-electron chi connectivity index (χ1n) is 6.48. The zero-order valence-corrected chi connectivity index (χ0v) is 13.4. The van der Waals surface area contributed by atoms with E-state index in [1.54, 1.807) is 24.9 Å². The number of aryl methyl sites for hydroxylation is 1. The Morgan fingerprint density at radius 3 is 2.91 bits per heavy atom. The molecule has 0 fully saturated rings. The molecule has 7 nitrogen and oxygen atoms in total. The quantitative estimate of drug-likeness (QED) is 0.642. The van der Waals surface area contributed by atoms with Crippen molar-refractivity contribution in [1.82, 2.24) is 14.8 Å². The molecule has 0 amide bonds. The van der Waals surface area contributed by atoms with Crippen LogP contribution in [0.3, 0.4) is 0 Å². The van der Waals surface area contributed by atoms with E-state index in [9.17, 15) is 4.79 Å². The van der Waals surface area contributed by atoms with Crippen LogP contribution >= 0.6 is 12.4 Å². The summed E-state index contributed by atoms with van der Waals surface area (Å²) < 4.78 is 11.8. The van der Waals surface area contributed by atoms with Gasteiger partial charge in [0.1, 0.15) is 12.2 Å². The summed E-state index contributed by atoms with van der Waals surface area (Å²) in [5.41, 5.74) is 7.82. The largest absolute Gasteiger partial charge is 0.458 e. The van der Waals surface area contributed by atoms with Crippen molar-refractivity contribution in [3.63, 3.8) is 0 Å². The van der Waals surface area contributed by atoms with Gasteiger partial charge in [-0.1, -0.05) is 12.7 Å². The topological polar surface area (TPSA) is 92.3 Å². The summed E-state index contributed by atoms with van der Waals surface area (Å²) in [6, 6.07) is 0. The van der Waals surface area contributed by atoms with Gasteiger partial charge in [-0.3, -0.25) is 0 Å². The highest BCUT2D eigenvalue weighted by Gasteiger charge is 2.20. The highest BCUT2D eigenvalue weighted by atomic mass is 35.5. The molecule has 0 saturated carbocycles. The number of anilines is 1. The van der Waals surface area contributed by atoms with Crippen LogP contribution < -0.4 is 5.73 Å². The summed E-state index contributed by atoms with van der Waals surface area (Å²) in [6.07, 6.45) is 3.09. The number of aromatic nitrogens is 3. The second-order valence-electron chi connectivity index (χ2n) is 4.47. The normalized spacial score (nSPS) is 10.3. The van der Waals surface area contributed by atoms with Gasteiger partial charge in [-0.2, -0.15) is 5.10 Å². The zero-order chi connectivity index (χ0) is 15.4. The average Bonchev–Trinajstić information content (AvgIpc) is 2.86. The maximum Gasteiger partial charge on any atom is 0.342 e. The molecule has 22 heavy (non-hydrogen) atoms. The van der Waals surface area contributed by atoms with E-state index in [1.165, 1.54) is 6.08 Å². The smallest absolute Gasteiger partial charge is 0.342 e. The Balaban J connectivity index is 0.00000242. The second-order valence-corrected chi connectivity index (χ2v) is 4.47. The Bertz CT molecular complexity index is 684. The summed E-state index contributed by atoms with van der Waals surface area (Å²) in [4.78, 5) is 16.4. The minimum absolute atomic E-state index is 0. The van der Waals surface area contributed by atoms with E-state index in [0.29, 0.717) is 35.6 Å². The van der Waals surface area contributed by atoms with E-state index in [2.05, 4.69) is 16.7 Å². The Hall–Kier alpha value is -2.12. The van der Waals surface area contributed by atoms with Gasteiger partial charge in [0.25, 0.3) is 0 Å². The Morgan fingerprint density at radius 2 is 2.27 bits per heavy atom. The number of nitrogens with zero attached hydrogens (tertiary/aromatic N) is 3. The minimum atomic E-state index is -0.510. The van der Waals surface area contributed by atoms with Crippen LogP contribution in [-0.4, -0.2) is 41.1 Å². The molecule has 2 aromatic heterocycles. The molecule has 0 aromatic carbocycles. The molecule has 0 radical (unpaired) electrons. The number of carbonyl (C=O) groups is 1. The Morgan fingerprint density at radius 1 is 1.55 bits per heavy atom. The summed E-state index contributed by atoms with van der Waals surface area (Å²) >= 11 is 0. The van der Waals surface area contributed by atoms with Crippen LogP contribution in [0.5, 0.6) is 0 Å². The number of hydrogen-bond donors (Lipinski definition) is 1. The number of hydrogen-bond acceptors (Lipinski definition) is 6. The van der Waals surface area contributed by atoms with Crippen LogP contribution in [0, 0.1) is 6.92 Å². The van der Waals surface area contributed by atoms with E-state index in [4.69, 9.17) is 15.2 Å². The van der Waals surface area contributed by atoms with Gasteiger partial charge in [0.2, 0.25) is 0 Å². The van der Waals surface area contributed by atoms with Gasteiger partial charge < -0.3 is 15.2 Å². The van der Waals surface area contributed by atoms with Gasteiger partial charge in [0.05, 0.1) is 36.1 Å². The predicted octanol–water partition coefficient (Wildman–Crippen LogP) is 1.73. The monoisotopic (exact) mass is 326 g/mol. The molecular weight excluding hydrogens is 308 g/mol. The lowest BCUT2D eigenvalue weighted by molar-refractivity contribution is 0.0550. The summed E-state index contributed by atoms with van der Waals surface area (Å²) in [5, 5.41) is 4.85. The third-order valence-electron chi connectivity index (χ3n) is 3.05. The molecule has 2 aromatic rings. The van der Waals surface area contributed by atoms with Crippen molar-refractivity contribution in [3.8, 4) is 0 Å². The Labute approximate surface area is 134 Å². The van der Waals surface area contributed by atoms with Crippen LogP contribution in [0.2, 0.25) is 0 Å². The van der Waals surface area contributed by atoms with Crippen LogP contribution in [-0.2, 0) is 16.0 Å². The molecule has 120 valence electrons. The van der Waals surface area contributed by atoms with Crippen LogP contribution in [0.1, 0.15) is 16.1 Å². The van der Waals surface area contributed by atoms with E-state index in [1.807, 2.05) is 0 Å². The molecule has 0 spiro atoms. The van der Waals surface area contributed by atoms with Crippen molar-refractivity contribution in [2.45, 2.75) is 13.5 Å². The standard InChI is InChI=1S/C14H18N4O3.ClH/c1-4-6-21-14(19)11-9(2)17-13-10(12(11)15)8-16-18(13)5-7-20-3;/h4,8H,1,5-7H2,2-3H3,(H2,15,17);1H. The fourth-order valence-corrected chi connectivity index (χ4v) is 2.04. The molecular formula is C14H19ClN4O3. The first kappa shape index (κ1) is 17.9. The van der Waals surface area contributed by atoms with Gasteiger partial charge in [-0.15, -0.1) is 12.4 Å². The van der Waals surface area contributed by atoms with Crippen molar-refractivity contribution in [1.29, 1.82) is 0 Å². The summed E-state index contributed by atoms with van der Waals surface area (Å²) in [7, 11) is 1.62. The third kappa shape index (κ3) is 3.37. The van der Waals surface area contributed by atoms with Gasteiger partial charge in [0.15, 0.2) is 5.65 Å². The second kappa shape index (κ2) is 7.77. The fraction of sp³-hybridized carbons (Fsp3) is 0.357. The maximum absolute atomic E-state index is 12.0. The molecule has 0 aliphatic rings. The number of halogens is 1. The number of carbonyl (C=O) groups excluding carboxylic acids is 1. The Kier molecular flexibility index (Phi) is 6.33. The van der Waals surface area contributed by atoms with Gasteiger partial charge >= 0.3 is 5.97 Å². The molecule has 0 aliphatic carbocycles. The molecule has 2 heterocycles. The van der Waals surface area contributed by atoms with Gasteiger partial charge in [0, 0.05) is 7.11 Å². The molecule has 0 atom stereocenters. The summed E-state index contributed by atoms with van der Waals surface area (Å²) in [5.74, 6) is -0.510. The lowest BCUT2D eigenvalue weighted by Crippen LogP contribution is -2.13. The highest BCUT2D eigenvalue weighted by molar-refractivity contribution is 6.04. The van der Waals surface area contributed by atoms with Crippen LogP contribution in [0.4, 0.5) is 5.69 Å². The lowest BCUT2D eigenvalue weighted by Gasteiger charge is -2.10. The first-order chi connectivity index (χ1) is 10.1. The average molecular weight is 327 g/mol. The van der Waals surface area contributed by atoms with E-state index in [-0.39, 0.29) is 24.6 Å². The van der Waals surface area contributed by atoms with Crippen molar-refractivity contribution in [2.75, 3.05) is 26.1 Å². The molecule has 8 heteroatoms. The predicted molar refractivity (Wildman–Crippen MR) is 86.3 cm³/mol. The number of methoxy groups -OCH3 is 1. The zero-order valence-electron chi connectivity index (χ0n) is 12.5. The van der Waals surface area contributed by atoms with Crippen LogP contribution in [0.15, 0.2) is 18.9 Å². The SMILES string of the molecule is C=CCOC(=O)c1c(C)nc2c(cnn2CCOC)c1N.Cl. The number of esters is 1. The number of nitrogen functional groups attached to an aromatic ring is 1. The molecule has 2 rings (SSSR count). The minimum Gasteiger partial charge on any atom is -0.458 e. The van der Waals surface area contributed by atoms with E-state index in [0.717, 1.165) is 0 Å². The number of nitrogens with two attached hydrogens (primary N) is 1. The maximum atomic E-state index is 12.0. The molecule has 0 saturated heterocycles. The van der Waals surface area contributed by atoms with Crippen molar-refractivity contribution in [2.24, 2.45) is 0 Å². The molecule has 2 N–H and O–H groups in total. The third-order valence-corrected chi connectivity index (χ3v) is 3.05. The highest BCUT2D eigenvalue weighted by Crippen LogP contribution is 2.26. The summed E-state index contributed by atoms with van der Waals surface area (Å²) in [6.45, 7) is 6.42. The molecule has 0 aliphatic heterocycles. The first-order valence-corrected chi connectivity index (χ1v) is 6.48. The van der Waals surface area contributed by atoms with Crippen LogP contribution in [0.25, 0.3) is 11.0 Å². The lowest BCUT2D eigenvalue weighted by atomic mass is 10.1. The molecule has 0 bridgehead atoms. The van der Waals surface area contributed by atoms with Crippen molar-refractivity contribution < 1.29 is 14.3 Å². The number of ether oxygens (including phenoxy) is 2. The van der Waals surface area contributed by atoms with E-state index < -0.39 is 5.97 Å². The fourth-order valence-electron chi connectivity index (χ4n) is 2.04. The number of fused-ring (bicyclic) bond motifs is 1. The van der Waals surface area contributed by atoms with Crippen molar-refractivity contribution >= 4 is 35.1 Å².